The van der Waals surface area contributed by atoms with Gasteiger partial charge in [0.25, 0.3) is 0 Å². The van der Waals surface area contributed by atoms with E-state index in [2.05, 4.69) is 21.2 Å². The summed E-state index contributed by atoms with van der Waals surface area (Å²) in [7, 11) is 0. The van der Waals surface area contributed by atoms with Crippen LogP contribution in [0.2, 0.25) is 0 Å². The lowest BCUT2D eigenvalue weighted by Crippen LogP contribution is -2.08. The van der Waals surface area contributed by atoms with Gasteiger partial charge in [-0.15, -0.1) is 0 Å². The van der Waals surface area contributed by atoms with Gasteiger partial charge in [-0.1, -0.05) is 0 Å². The van der Waals surface area contributed by atoms with E-state index in [1.165, 1.54) is 0 Å². The molecule has 0 spiro atoms. The number of esters is 1. The summed E-state index contributed by atoms with van der Waals surface area (Å²) in [6.45, 7) is 4.86. The first-order valence-corrected chi connectivity index (χ1v) is 5.89. The maximum atomic E-state index is 11.5. The largest absolute Gasteiger partial charge is 0.462 e. The van der Waals surface area contributed by atoms with Crippen LogP contribution in [0.3, 0.4) is 0 Å². The number of benzene rings is 1. The first-order valence-electron chi connectivity index (χ1n) is 5.10. The lowest BCUT2D eigenvalue weighted by Gasteiger charge is -2.11. The highest BCUT2D eigenvalue weighted by molar-refractivity contribution is 9.10. The van der Waals surface area contributed by atoms with E-state index in [9.17, 15) is 4.79 Å². The van der Waals surface area contributed by atoms with Crippen molar-refractivity contribution in [3.8, 4) is 0 Å². The van der Waals surface area contributed by atoms with Crippen molar-refractivity contribution in [3.63, 3.8) is 0 Å². The zero-order valence-electron chi connectivity index (χ0n) is 9.34. The maximum Gasteiger partial charge on any atom is 0.338 e. The lowest BCUT2D eigenvalue weighted by molar-refractivity contribution is 0.0526. The molecule has 0 aliphatic heterocycles. The van der Waals surface area contributed by atoms with Gasteiger partial charge in [-0.25, -0.2) is 4.79 Å². The molecular weight excluding hydrogens is 272 g/mol. The summed E-state index contributed by atoms with van der Waals surface area (Å²) in [5, 5.41) is 3.12. The van der Waals surface area contributed by atoms with Gasteiger partial charge in [-0.3, -0.25) is 0 Å². The minimum absolute atomic E-state index is 0.352. The Morgan fingerprint density at radius 2 is 2.19 bits per heavy atom. The predicted octanol–water partition coefficient (Wildman–Crippen LogP) is 2.64. The van der Waals surface area contributed by atoms with Crippen LogP contribution < -0.4 is 11.1 Å². The minimum Gasteiger partial charge on any atom is -0.462 e. The Bertz CT molecular complexity index is 371. The van der Waals surface area contributed by atoms with Gasteiger partial charge < -0.3 is 15.8 Å². The van der Waals surface area contributed by atoms with Gasteiger partial charge in [-0.05, 0) is 41.9 Å². The molecule has 0 saturated carbocycles. The van der Waals surface area contributed by atoms with Gasteiger partial charge in [0.05, 0.1) is 23.5 Å². The summed E-state index contributed by atoms with van der Waals surface area (Å²) < 4.78 is 5.66. The zero-order valence-corrected chi connectivity index (χ0v) is 10.9. The Labute approximate surface area is 103 Å². The molecule has 1 aromatic rings. The van der Waals surface area contributed by atoms with Crippen LogP contribution in [-0.4, -0.2) is 19.1 Å². The molecule has 1 aromatic carbocycles. The van der Waals surface area contributed by atoms with Crippen molar-refractivity contribution in [3.05, 3.63) is 22.2 Å². The molecular formula is C11H15BrN2O2. The van der Waals surface area contributed by atoms with Crippen LogP contribution >= 0.6 is 15.9 Å². The average molecular weight is 287 g/mol. The molecule has 0 saturated heterocycles. The molecule has 0 aliphatic rings. The van der Waals surface area contributed by atoms with E-state index >= 15 is 0 Å². The van der Waals surface area contributed by atoms with Crippen molar-refractivity contribution < 1.29 is 9.53 Å². The van der Waals surface area contributed by atoms with Crippen molar-refractivity contribution in [2.45, 2.75) is 13.8 Å². The second kappa shape index (κ2) is 5.75. The highest BCUT2D eigenvalue weighted by Gasteiger charge is 2.12. The van der Waals surface area contributed by atoms with E-state index in [0.29, 0.717) is 17.9 Å². The molecule has 4 nitrogen and oxygen atoms in total. The molecule has 3 N–H and O–H groups in total. The molecule has 0 radical (unpaired) electrons. The molecule has 0 bridgehead atoms. The normalized spacial score (nSPS) is 9.94. The molecule has 5 heteroatoms. The van der Waals surface area contributed by atoms with Gasteiger partial charge in [0.2, 0.25) is 0 Å². The van der Waals surface area contributed by atoms with Gasteiger partial charge in [-0.2, -0.15) is 0 Å². The van der Waals surface area contributed by atoms with Crippen LogP contribution in [-0.2, 0) is 4.74 Å². The van der Waals surface area contributed by atoms with E-state index in [4.69, 9.17) is 10.5 Å². The second-order valence-electron chi connectivity index (χ2n) is 3.17. The fraction of sp³-hybridized carbons (Fsp3) is 0.364. The smallest absolute Gasteiger partial charge is 0.338 e. The van der Waals surface area contributed by atoms with Crippen molar-refractivity contribution >= 4 is 33.3 Å². The molecule has 0 fully saturated rings. The third-order valence-electron chi connectivity index (χ3n) is 1.99. The Balaban J connectivity index is 3.04. The van der Waals surface area contributed by atoms with Gasteiger partial charge in [0.1, 0.15) is 0 Å². The van der Waals surface area contributed by atoms with Crippen LogP contribution in [0.1, 0.15) is 24.2 Å². The molecule has 88 valence electrons. The molecule has 0 unspecified atom stereocenters. The van der Waals surface area contributed by atoms with Crippen LogP contribution in [0.25, 0.3) is 0 Å². The Morgan fingerprint density at radius 1 is 1.50 bits per heavy atom. The van der Waals surface area contributed by atoms with Crippen molar-refractivity contribution in [2.24, 2.45) is 0 Å². The van der Waals surface area contributed by atoms with Crippen molar-refractivity contribution in [1.82, 2.24) is 0 Å². The molecule has 0 amide bonds. The standard InChI is InChI=1S/C11H15BrN2O2/c1-3-14-10-8(12)5-7(6-9(10)13)11(15)16-4-2/h5-6,14H,3-4,13H2,1-2H3. The number of nitrogens with one attached hydrogen (secondary N) is 1. The summed E-state index contributed by atoms with van der Waals surface area (Å²) in [6.07, 6.45) is 0. The number of hydrogen-bond acceptors (Lipinski definition) is 4. The highest BCUT2D eigenvalue weighted by Crippen LogP contribution is 2.30. The molecule has 0 aromatic heterocycles. The van der Waals surface area contributed by atoms with Gasteiger partial charge in [0.15, 0.2) is 0 Å². The van der Waals surface area contributed by atoms with E-state index in [1.54, 1.807) is 19.1 Å². The minimum atomic E-state index is -0.363. The fourth-order valence-corrected chi connectivity index (χ4v) is 1.94. The fourth-order valence-electron chi connectivity index (χ4n) is 1.32. The molecule has 16 heavy (non-hydrogen) atoms. The SMILES string of the molecule is CCNc1c(N)cc(C(=O)OCC)cc1Br. The van der Waals surface area contributed by atoms with Crippen LogP contribution in [0.5, 0.6) is 0 Å². The Hall–Kier alpha value is -1.23. The van der Waals surface area contributed by atoms with Crippen molar-refractivity contribution in [2.75, 3.05) is 24.2 Å². The monoisotopic (exact) mass is 286 g/mol. The summed E-state index contributed by atoms with van der Waals surface area (Å²) in [5.74, 6) is -0.363. The molecule has 0 aliphatic carbocycles. The number of carbonyl (C=O) groups excluding carboxylic acids is 1. The van der Waals surface area contributed by atoms with Crippen LogP contribution in [0, 0.1) is 0 Å². The van der Waals surface area contributed by atoms with E-state index in [-0.39, 0.29) is 5.97 Å². The maximum absolute atomic E-state index is 11.5. The summed E-state index contributed by atoms with van der Waals surface area (Å²) in [5.41, 5.74) is 7.62. The van der Waals surface area contributed by atoms with Crippen LogP contribution in [0.15, 0.2) is 16.6 Å². The number of halogens is 1. The quantitative estimate of drug-likeness (QED) is 0.660. The number of anilines is 2. The third-order valence-corrected chi connectivity index (χ3v) is 2.61. The topological polar surface area (TPSA) is 64.3 Å². The second-order valence-corrected chi connectivity index (χ2v) is 4.03. The number of carbonyl (C=O) groups is 1. The number of rotatable bonds is 4. The Kier molecular flexibility index (Phi) is 4.61. The molecule has 1 rings (SSSR count). The van der Waals surface area contributed by atoms with Gasteiger partial charge in [0, 0.05) is 11.0 Å². The first kappa shape index (κ1) is 12.8. The lowest BCUT2D eigenvalue weighted by atomic mass is 10.1. The molecule has 0 heterocycles. The number of ether oxygens (including phenoxy) is 1. The average Bonchev–Trinajstić information content (AvgIpc) is 2.23. The Morgan fingerprint density at radius 3 is 2.69 bits per heavy atom. The first-order chi connectivity index (χ1) is 7.60. The van der Waals surface area contributed by atoms with Crippen molar-refractivity contribution in [1.29, 1.82) is 0 Å². The third kappa shape index (κ3) is 2.88. The number of nitrogens with two attached hydrogens (primary N) is 1. The summed E-state index contributed by atoms with van der Waals surface area (Å²) >= 11 is 3.37. The number of nitrogen functional groups attached to an aromatic ring is 1. The zero-order chi connectivity index (χ0) is 12.1. The summed E-state index contributed by atoms with van der Waals surface area (Å²) in [4.78, 5) is 11.5. The van der Waals surface area contributed by atoms with E-state index in [0.717, 1.165) is 16.7 Å². The van der Waals surface area contributed by atoms with E-state index < -0.39 is 0 Å². The number of hydrogen-bond donors (Lipinski definition) is 2. The van der Waals surface area contributed by atoms with Crippen LogP contribution in [0.4, 0.5) is 11.4 Å². The van der Waals surface area contributed by atoms with Gasteiger partial charge >= 0.3 is 5.97 Å². The molecule has 0 atom stereocenters. The van der Waals surface area contributed by atoms with E-state index in [1.807, 2.05) is 6.92 Å². The summed E-state index contributed by atoms with van der Waals surface area (Å²) in [6, 6.07) is 3.31. The highest BCUT2D eigenvalue weighted by atomic mass is 79.9. The predicted molar refractivity (Wildman–Crippen MR) is 68.7 cm³/mol.